The second-order valence-corrected chi connectivity index (χ2v) is 5.91. The number of anilines is 1. The number of amides is 1. The molecule has 1 aromatic heterocycles. The fourth-order valence-corrected chi connectivity index (χ4v) is 2.09. The molecule has 2 rings (SSSR count). The molecule has 5 nitrogen and oxygen atoms in total. The predicted octanol–water partition coefficient (Wildman–Crippen LogP) is 2.64. The van der Waals surface area contributed by atoms with Crippen LogP contribution in [-0.4, -0.2) is 43.0 Å². The molecule has 6 heteroatoms. The van der Waals surface area contributed by atoms with Crippen LogP contribution >= 0.6 is 11.6 Å². The van der Waals surface area contributed by atoms with Crippen LogP contribution in [0.25, 0.3) is 0 Å². The fourth-order valence-electron chi connectivity index (χ4n) is 1.96. The second-order valence-electron chi connectivity index (χ2n) is 5.47. The lowest BCUT2D eigenvalue weighted by Crippen LogP contribution is -2.24. The molecule has 0 saturated heterocycles. The number of likely N-dealkylation sites (N-methyl/N-ethyl adjacent to an activating group) is 1. The summed E-state index contributed by atoms with van der Waals surface area (Å²) in [6.45, 7) is 2.17. The van der Waals surface area contributed by atoms with Crippen molar-refractivity contribution in [2.45, 2.75) is 6.54 Å². The lowest BCUT2D eigenvalue weighted by atomic mass is 10.2. The van der Waals surface area contributed by atoms with E-state index in [1.165, 1.54) is 0 Å². The van der Waals surface area contributed by atoms with Gasteiger partial charge in [-0.3, -0.25) is 9.78 Å². The molecule has 122 valence electrons. The number of pyridine rings is 1. The van der Waals surface area contributed by atoms with Gasteiger partial charge in [-0.1, -0.05) is 23.7 Å². The molecule has 0 atom stereocenters. The zero-order chi connectivity index (χ0) is 16.7. The van der Waals surface area contributed by atoms with Gasteiger partial charge in [-0.2, -0.15) is 0 Å². The van der Waals surface area contributed by atoms with Gasteiger partial charge in [0.05, 0.1) is 0 Å². The van der Waals surface area contributed by atoms with Gasteiger partial charge < -0.3 is 15.5 Å². The van der Waals surface area contributed by atoms with Crippen molar-refractivity contribution in [3.63, 3.8) is 0 Å². The van der Waals surface area contributed by atoms with Gasteiger partial charge in [-0.15, -0.1) is 0 Å². The number of aromatic nitrogens is 1. The lowest BCUT2D eigenvalue weighted by Gasteiger charge is -2.12. The van der Waals surface area contributed by atoms with E-state index in [2.05, 4.69) is 20.5 Å². The number of nitrogens with one attached hydrogen (secondary N) is 2. The normalized spacial score (nSPS) is 10.6. The van der Waals surface area contributed by atoms with Crippen molar-refractivity contribution >= 4 is 23.2 Å². The van der Waals surface area contributed by atoms with E-state index in [1.54, 1.807) is 24.4 Å². The average molecular weight is 333 g/mol. The number of hydrogen-bond acceptors (Lipinski definition) is 4. The zero-order valence-corrected chi connectivity index (χ0v) is 14.1. The van der Waals surface area contributed by atoms with Gasteiger partial charge in [0, 0.05) is 36.5 Å². The summed E-state index contributed by atoms with van der Waals surface area (Å²) in [6, 6.07) is 11.0. The topological polar surface area (TPSA) is 57.3 Å². The Balaban J connectivity index is 1.90. The smallest absolute Gasteiger partial charge is 0.270 e. The molecule has 0 aliphatic rings. The molecule has 0 fully saturated rings. The van der Waals surface area contributed by atoms with Gasteiger partial charge in [-0.25, -0.2) is 0 Å². The van der Waals surface area contributed by atoms with E-state index in [0.717, 1.165) is 24.3 Å². The van der Waals surface area contributed by atoms with E-state index in [0.29, 0.717) is 17.3 Å². The van der Waals surface area contributed by atoms with Crippen molar-refractivity contribution in [2.75, 3.05) is 32.5 Å². The quantitative estimate of drug-likeness (QED) is 0.818. The third-order valence-electron chi connectivity index (χ3n) is 3.25. The highest BCUT2D eigenvalue weighted by Crippen LogP contribution is 2.10. The van der Waals surface area contributed by atoms with Crippen LogP contribution in [-0.2, 0) is 6.54 Å². The molecule has 2 aromatic rings. The highest BCUT2D eigenvalue weighted by Gasteiger charge is 2.07. The van der Waals surface area contributed by atoms with Crippen molar-refractivity contribution < 1.29 is 4.79 Å². The van der Waals surface area contributed by atoms with E-state index in [4.69, 9.17) is 11.6 Å². The average Bonchev–Trinajstić information content (AvgIpc) is 2.54. The van der Waals surface area contributed by atoms with Crippen molar-refractivity contribution in [2.24, 2.45) is 0 Å². The Morgan fingerprint density at radius 2 is 1.96 bits per heavy atom. The van der Waals surface area contributed by atoms with Crippen molar-refractivity contribution in [3.8, 4) is 0 Å². The molecule has 0 saturated carbocycles. The molecule has 0 spiro atoms. The van der Waals surface area contributed by atoms with Crippen molar-refractivity contribution in [3.05, 3.63) is 58.9 Å². The number of rotatable bonds is 7. The highest BCUT2D eigenvalue weighted by molar-refractivity contribution is 6.30. The maximum absolute atomic E-state index is 12.2. The Labute approximate surface area is 141 Å². The molecule has 2 N–H and O–H groups in total. The van der Waals surface area contributed by atoms with Crippen LogP contribution in [0.4, 0.5) is 5.69 Å². The van der Waals surface area contributed by atoms with Crippen LogP contribution in [0.1, 0.15) is 16.1 Å². The van der Waals surface area contributed by atoms with Gasteiger partial charge in [0.15, 0.2) is 0 Å². The first-order chi connectivity index (χ1) is 11.0. The number of hydrogen-bond donors (Lipinski definition) is 2. The second kappa shape index (κ2) is 8.50. The molecule has 23 heavy (non-hydrogen) atoms. The van der Waals surface area contributed by atoms with E-state index >= 15 is 0 Å². The number of nitrogens with zero attached hydrogens (tertiary/aromatic N) is 2. The minimum Gasteiger partial charge on any atom is -0.384 e. The van der Waals surface area contributed by atoms with Gasteiger partial charge in [0.2, 0.25) is 0 Å². The molecule has 1 aromatic carbocycles. The summed E-state index contributed by atoms with van der Waals surface area (Å²) < 4.78 is 0. The third kappa shape index (κ3) is 5.88. The Bertz CT molecular complexity index is 643. The first kappa shape index (κ1) is 17.2. The Kier molecular flexibility index (Phi) is 6.38. The monoisotopic (exact) mass is 332 g/mol. The summed E-state index contributed by atoms with van der Waals surface area (Å²) in [6.07, 6.45) is 1.63. The van der Waals surface area contributed by atoms with E-state index in [1.807, 2.05) is 32.3 Å². The summed E-state index contributed by atoms with van der Waals surface area (Å²) in [5, 5.41) is 6.81. The molecule has 0 bridgehead atoms. The summed E-state index contributed by atoms with van der Waals surface area (Å²) in [7, 11) is 4.04. The maximum Gasteiger partial charge on any atom is 0.270 e. The van der Waals surface area contributed by atoms with Gasteiger partial charge in [0.1, 0.15) is 5.69 Å². The minimum absolute atomic E-state index is 0.198. The molecule has 0 unspecified atom stereocenters. The van der Waals surface area contributed by atoms with Gasteiger partial charge >= 0.3 is 0 Å². The summed E-state index contributed by atoms with van der Waals surface area (Å²) in [4.78, 5) is 18.4. The molecule has 0 aliphatic heterocycles. The Hall–Kier alpha value is -2.11. The SMILES string of the molecule is CN(C)CCNc1ccnc(C(=O)NCc2ccc(Cl)cc2)c1. The largest absolute Gasteiger partial charge is 0.384 e. The van der Waals surface area contributed by atoms with Crippen molar-refractivity contribution in [1.82, 2.24) is 15.2 Å². The van der Waals surface area contributed by atoms with Crippen LogP contribution in [0.3, 0.4) is 0 Å². The van der Waals surface area contributed by atoms with Crippen LogP contribution in [0.2, 0.25) is 5.02 Å². The predicted molar refractivity (Wildman–Crippen MR) is 93.9 cm³/mol. The first-order valence-electron chi connectivity index (χ1n) is 7.42. The van der Waals surface area contributed by atoms with E-state index in [9.17, 15) is 4.79 Å². The van der Waals surface area contributed by atoms with Gasteiger partial charge in [-0.05, 0) is 43.9 Å². The summed E-state index contributed by atoms with van der Waals surface area (Å²) >= 11 is 5.84. The van der Waals surface area contributed by atoms with Crippen LogP contribution in [0.5, 0.6) is 0 Å². The fraction of sp³-hybridized carbons (Fsp3) is 0.294. The lowest BCUT2D eigenvalue weighted by molar-refractivity contribution is 0.0946. The number of halogens is 1. The molecular weight excluding hydrogens is 312 g/mol. The zero-order valence-electron chi connectivity index (χ0n) is 13.3. The summed E-state index contributed by atoms with van der Waals surface area (Å²) in [5.41, 5.74) is 2.27. The van der Waals surface area contributed by atoms with E-state index in [-0.39, 0.29) is 5.91 Å². The van der Waals surface area contributed by atoms with Crippen molar-refractivity contribution in [1.29, 1.82) is 0 Å². The Morgan fingerprint density at radius 1 is 1.22 bits per heavy atom. The van der Waals surface area contributed by atoms with Crippen LogP contribution in [0.15, 0.2) is 42.6 Å². The molecule has 1 amide bonds. The van der Waals surface area contributed by atoms with Gasteiger partial charge in [0.25, 0.3) is 5.91 Å². The Morgan fingerprint density at radius 3 is 2.65 bits per heavy atom. The number of carbonyl (C=O) groups excluding carboxylic acids is 1. The van der Waals surface area contributed by atoms with E-state index < -0.39 is 0 Å². The standard InChI is InChI=1S/C17H21ClN4O/c1-22(2)10-9-19-15-7-8-20-16(11-15)17(23)21-12-13-3-5-14(18)6-4-13/h3-8,11H,9-10,12H2,1-2H3,(H,19,20)(H,21,23). The molecule has 1 heterocycles. The number of carbonyl (C=O) groups is 1. The van der Waals surface area contributed by atoms with Crippen LogP contribution in [0, 0.1) is 0 Å². The third-order valence-corrected chi connectivity index (χ3v) is 3.50. The molecule has 0 aliphatic carbocycles. The maximum atomic E-state index is 12.2. The molecule has 0 radical (unpaired) electrons. The number of benzene rings is 1. The molecular formula is C17H21ClN4O. The van der Waals surface area contributed by atoms with Crippen LogP contribution < -0.4 is 10.6 Å². The summed E-state index contributed by atoms with van der Waals surface area (Å²) in [5.74, 6) is -0.198. The highest BCUT2D eigenvalue weighted by atomic mass is 35.5. The minimum atomic E-state index is -0.198. The first-order valence-corrected chi connectivity index (χ1v) is 7.79.